The summed E-state index contributed by atoms with van der Waals surface area (Å²) < 4.78 is 64.5. The number of hydrogen-bond donors (Lipinski definition) is 2. The number of rotatable bonds is 14. The number of amides is 2. The summed E-state index contributed by atoms with van der Waals surface area (Å²) in [4.78, 5) is 58.0. The van der Waals surface area contributed by atoms with E-state index in [1.807, 2.05) is 105 Å². The fourth-order valence-corrected chi connectivity index (χ4v) is 13.0. The molecule has 32 heteroatoms. The van der Waals surface area contributed by atoms with Crippen LogP contribution >= 0.6 is 108 Å². The Morgan fingerprint density at radius 1 is 0.505 bits per heavy atom. The zero-order chi connectivity index (χ0) is 66.9. The molecule has 14 aromatic rings. The molecule has 0 bridgehead atoms. The number of aromatic nitrogens is 10. The van der Waals surface area contributed by atoms with E-state index >= 15 is 0 Å². The second kappa shape index (κ2) is 30.0. The number of thiophene rings is 2. The molecule has 0 aliphatic rings. The number of thiazole rings is 2. The van der Waals surface area contributed by atoms with E-state index in [1.54, 1.807) is 42.5 Å². The molecule has 2 amide bonds. The van der Waals surface area contributed by atoms with Crippen LogP contribution in [0.3, 0.4) is 0 Å². The van der Waals surface area contributed by atoms with Gasteiger partial charge in [-0.05, 0) is 116 Å². The summed E-state index contributed by atoms with van der Waals surface area (Å²) in [5, 5.41) is 37.3. The van der Waals surface area contributed by atoms with Crippen LogP contribution in [0.5, 0.6) is 0 Å². The number of halogens is 8. The Morgan fingerprint density at radius 3 is 1.64 bits per heavy atom. The van der Waals surface area contributed by atoms with Crippen molar-refractivity contribution in [1.29, 1.82) is 0 Å². The highest BCUT2D eigenvalue weighted by atomic mass is 79.9. The molecule has 478 valence electrons. The van der Waals surface area contributed by atoms with Gasteiger partial charge < -0.3 is 17.7 Å². The van der Waals surface area contributed by atoms with E-state index in [0.29, 0.717) is 61.7 Å². The van der Waals surface area contributed by atoms with Crippen molar-refractivity contribution >= 4 is 164 Å². The second-order valence-electron chi connectivity index (χ2n) is 19.6. The van der Waals surface area contributed by atoms with Crippen molar-refractivity contribution in [3.8, 4) is 45.8 Å². The van der Waals surface area contributed by atoms with E-state index in [2.05, 4.69) is 77.3 Å². The summed E-state index contributed by atoms with van der Waals surface area (Å²) in [6.45, 7) is 3.97. The average molecular weight is 1500 g/mol. The van der Waals surface area contributed by atoms with Crippen LogP contribution in [0.15, 0.2) is 180 Å². The summed E-state index contributed by atoms with van der Waals surface area (Å²) in [5.74, 6) is -0.0353. The lowest BCUT2D eigenvalue weighted by Crippen LogP contribution is -2.11. The van der Waals surface area contributed by atoms with Crippen LogP contribution in [-0.4, -0.2) is 74.1 Å². The highest BCUT2D eigenvalue weighted by Crippen LogP contribution is 2.38. The molecule has 20 nitrogen and oxygen atoms in total. The first-order valence-electron chi connectivity index (χ1n) is 27.3. The van der Waals surface area contributed by atoms with Crippen LogP contribution in [0.1, 0.15) is 68.1 Å². The molecule has 2 N–H and O–H groups in total. The number of Topliss-reactive ketones (excluding diaryl/α,β-unsaturated/α-hetero) is 2. The molecule has 0 saturated heterocycles. The standard InChI is InChI=1S/C18H14N4O2S.C17H10ClF3N2O2.C14H8BrClN2O2S.C14H6Cl2N4O2S2/c1-10-7-8-11(2)12(9-10)16-21-22-18(24-16)20-15(23)17-19-13-5-3-4-6-14(13)25-17;18-13-7-2-1-6-12(13)16-23-22-15(25-16)9-14(24)10-4-3-5-11(8-10)17(19,20)21;15-9-3-1-8(2-4-9)14-18-17-13(20-14)7-10(19)11-5-6-12(16)21-11;15-9-5-6(10(16)24-9)12-19-20-14(22-12)18-11(21)13-17-7-3-1-2-4-8(7)23-13/h3-9H,1-2H3,(H,20,22,23);1-8H,9H2;1-6H,7H2;1-5H,(H,18,20,21). The Labute approximate surface area is 578 Å². The van der Waals surface area contributed by atoms with Crippen LogP contribution in [-0.2, 0) is 19.0 Å². The van der Waals surface area contributed by atoms with Gasteiger partial charge in [-0.2, -0.15) is 13.2 Å². The van der Waals surface area contributed by atoms with E-state index in [-0.39, 0.29) is 59.8 Å². The van der Waals surface area contributed by atoms with Gasteiger partial charge >= 0.3 is 18.2 Å². The number of carbonyl (C=O) groups excluding carboxylic acids is 4. The minimum Gasteiger partial charge on any atom is -0.420 e. The van der Waals surface area contributed by atoms with Gasteiger partial charge in [-0.1, -0.05) is 139 Å². The number of anilines is 2. The van der Waals surface area contributed by atoms with Crippen molar-refractivity contribution < 1.29 is 50.0 Å². The third-order valence-electron chi connectivity index (χ3n) is 12.9. The molecule has 0 spiro atoms. The molecule has 0 saturated carbocycles. The average Bonchev–Trinajstić information content (AvgIpc) is 1.82. The van der Waals surface area contributed by atoms with Gasteiger partial charge in [-0.15, -0.1) is 75.9 Å². The number of carbonyl (C=O) groups is 4. The number of fused-ring (bicyclic) bond motifs is 2. The van der Waals surface area contributed by atoms with Crippen LogP contribution in [0.25, 0.3) is 66.2 Å². The van der Waals surface area contributed by atoms with Gasteiger partial charge in [0.15, 0.2) is 21.6 Å². The number of nitrogens with zero attached hydrogens (tertiary/aromatic N) is 10. The first kappa shape index (κ1) is 67.2. The van der Waals surface area contributed by atoms with Gasteiger partial charge in [0.1, 0.15) is 4.34 Å². The molecule has 0 atom stereocenters. The SMILES string of the molecule is Cc1ccc(C)c(-c2nnc(NC(=O)c3nc4ccccc4s3)o2)c1.O=C(Cc1nnc(-c2ccc(Br)cc2)o1)c1ccc(Cl)s1.O=C(Cc1nnc(-c2ccccc2Cl)o1)c1cccc(C(F)(F)F)c1.O=C(Nc1nnc(-c2cc(Cl)sc2Cl)o1)c1nc2ccccc2s1. The predicted molar refractivity (Wildman–Crippen MR) is 361 cm³/mol. The number of para-hydroxylation sites is 2. The lowest BCUT2D eigenvalue weighted by atomic mass is 10.0. The van der Waals surface area contributed by atoms with Gasteiger partial charge in [-0.3, -0.25) is 29.8 Å². The topological polar surface area (TPSA) is 274 Å². The minimum absolute atomic E-state index is 0.00247. The molecule has 0 unspecified atom stereocenters. The van der Waals surface area contributed by atoms with Crippen LogP contribution in [0.4, 0.5) is 25.2 Å². The summed E-state index contributed by atoms with van der Waals surface area (Å²) in [6.07, 6.45) is -4.75. The molecular formula is C63H38BrCl4F3N12O8S4. The molecular weight excluding hydrogens is 1460 g/mol. The number of aryl methyl sites for hydroxylation is 2. The fourth-order valence-electron chi connectivity index (χ4n) is 8.36. The quantitative estimate of drug-likeness (QED) is 0.0957. The highest BCUT2D eigenvalue weighted by molar-refractivity contribution is 9.10. The van der Waals surface area contributed by atoms with Crippen molar-refractivity contribution in [2.75, 3.05) is 10.6 Å². The number of nitrogens with one attached hydrogen (secondary N) is 2. The van der Waals surface area contributed by atoms with Gasteiger partial charge in [0.2, 0.25) is 29.5 Å². The summed E-state index contributed by atoms with van der Waals surface area (Å²) >= 11 is 32.2. The zero-order valence-electron chi connectivity index (χ0n) is 48.3. The van der Waals surface area contributed by atoms with Gasteiger partial charge in [0.05, 0.1) is 68.5 Å². The third kappa shape index (κ3) is 17.2. The van der Waals surface area contributed by atoms with Crippen LogP contribution in [0.2, 0.25) is 18.0 Å². The number of benzene rings is 6. The van der Waals surface area contributed by atoms with E-state index in [4.69, 9.17) is 64.1 Å². The molecule has 0 aliphatic heterocycles. The lowest BCUT2D eigenvalue weighted by Gasteiger charge is -2.07. The molecule has 0 aliphatic carbocycles. The fraction of sp³-hybridized carbons (Fsp3) is 0.0794. The van der Waals surface area contributed by atoms with Crippen molar-refractivity contribution in [1.82, 2.24) is 50.8 Å². The maximum absolute atomic E-state index is 12.7. The summed E-state index contributed by atoms with van der Waals surface area (Å²) in [6, 6.07) is 44.6. The Kier molecular flexibility index (Phi) is 21.2. The Hall–Kier alpha value is -9.23. The molecule has 6 aromatic carbocycles. The molecule has 0 fully saturated rings. The van der Waals surface area contributed by atoms with E-state index < -0.39 is 23.4 Å². The molecule has 0 radical (unpaired) electrons. The number of ketones is 2. The van der Waals surface area contributed by atoms with Crippen molar-refractivity contribution in [3.63, 3.8) is 0 Å². The monoisotopic (exact) mass is 1490 g/mol. The second-order valence-corrected chi connectivity index (χ2v) is 27.0. The molecule has 8 heterocycles. The minimum atomic E-state index is -4.52. The zero-order valence-corrected chi connectivity index (χ0v) is 56.2. The summed E-state index contributed by atoms with van der Waals surface area (Å²) in [5.41, 5.74) is 5.41. The lowest BCUT2D eigenvalue weighted by molar-refractivity contribution is -0.137. The molecule has 8 aromatic heterocycles. The third-order valence-corrected chi connectivity index (χ3v) is 18.6. The Morgan fingerprint density at radius 2 is 1.06 bits per heavy atom. The van der Waals surface area contributed by atoms with E-state index in [0.717, 1.165) is 59.3 Å². The van der Waals surface area contributed by atoms with Crippen LogP contribution < -0.4 is 10.6 Å². The Bertz CT molecular complexity index is 5040. The number of alkyl halides is 3. The maximum atomic E-state index is 12.7. The van der Waals surface area contributed by atoms with E-state index in [9.17, 15) is 32.3 Å². The summed E-state index contributed by atoms with van der Waals surface area (Å²) in [7, 11) is 0. The van der Waals surface area contributed by atoms with Gasteiger partial charge in [0.25, 0.3) is 17.7 Å². The van der Waals surface area contributed by atoms with Gasteiger partial charge in [0, 0.05) is 21.2 Å². The van der Waals surface area contributed by atoms with Crippen molar-refractivity contribution in [3.05, 3.63) is 229 Å². The van der Waals surface area contributed by atoms with E-state index in [1.165, 1.54) is 57.5 Å². The number of hydrogen-bond acceptors (Lipinski definition) is 22. The largest absolute Gasteiger partial charge is 0.420 e. The van der Waals surface area contributed by atoms with Crippen molar-refractivity contribution in [2.45, 2.75) is 32.9 Å². The first-order valence-corrected chi connectivity index (χ1v) is 32.9. The normalized spacial score (nSPS) is 11.1. The smallest absolute Gasteiger partial charge is 0.416 e. The highest BCUT2D eigenvalue weighted by Gasteiger charge is 2.31. The maximum Gasteiger partial charge on any atom is 0.416 e. The molecule has 14 rings (SSSR count). The van der Waals surface area contributed by atoms with Crippen molar-refractivity contribution in [2.24, 2.45) is 0 Å². The molecule has 95 heavy (non-hydrogen) atoms. The predicted octanol–water partition coefficient (Wildman–Crippen LogP) is 18.7. The first-order chi connectivity index (χ1) is 45.7. The van der Waals surface area contributed by atoms with Crippen LogP contribution in [0, 0.1) is 13.8 Å². The Balaban J connectivity index is 0.000000129. The van der Waals surface area contributed by atoms with Gasteiger partial charge in [-0.25, -0.2) is 9.97 Å².